The predicted molar refractivity (Wildman–Crippen MR) is 54.8 cm³/mol. The molecule has 2 rings (SSSR count). The summed E-state index contributed by atoms with van der Waals surface area (Å²) in [7, 11) is 1.28. The molecule has 2 N–H and O–H groups in total. The van der Waals surface area contributed by atoms with Gasteiger partial charge in [-0.3, -0.25) is 0 Å². The highest BCUT2D eigenvalue weighted by Crippen LogP contribution is 2.36. The van der Waals surface area contributed by atoms with Crippen LogP contribution in [0.1, 0.15) is 17.9 Å². The van der Waals surface area contributed by atoms with Gasteiger partial charge in [-0.1, -0.05) is 0 Å². The molecule has 88 valence electrons. The number of phenolic OH excluding ortho intramolecular Hbond substituents is 1. The van der Waals surface area contributed by atoms with E-state index in [2.05, 4.69) is 5.32 Å². The Kier molecular flexibility index (Phi) is 2.96. The van der Waals surface area contributed by atoms with Gasteiger partial charge in [0, 0.05) is 12.5 Å². The molecule has 1 saturated heterocycles. The zero-order valence-corrected chi connectivity index (χ0v) is 8.89. The Morgan fingerprint density at radius 2 is 2.19 bits per heavy atom. The summed E-state index contributed by atoms with van der Waals surface area (Å²) in [5.41, 5.74) is 0.306. The summed E-state index contributed by atoms with van der Waals surface area (Å²) in [5, 5.41) is 12.4. The molecule has 0 saturated carbocycles. The van der Waals surface area contributed by atoms with Crippen molar-refractivity contribution in [1.82, 2.24) is 5.32 Å². The molecule has 0 aliphatic carbocycles. The van der Waals surface area contributed by atoms with Crippen LogP contribution in [-0.2, 0) is 0 Å². The maximum Gasteiger partial charge on any atom is 0.209 e. The maximum absolute atomic E-state index is 13.7. The smallest absolute Gasteiger partial charge is 0.209 e. The second-order valence-corrected chi connectivity index (χ2v) is 3.83. The molecule has 3 nitrogen and oxygen atoms in total. The number of rotatable bonds is 2. The summed E-state index contributed by atoms with van der Waals surface area (Å²) >= 11 is 0. The number of ether oxygens (including phenoxy) is 1. The molecule has 16 heavy (non-hydrogen) atoms. The van der Waals surface area contributed by atoms with Gasteiger partial charge >= 0.3 is 0 Å². The van der Waals surface area contributed by atoms with Gasteiger partial charge in [0.2, 0.25) is 5.82 Å². The van der Waals surface area contributed by atoms with Gasteiger partial charge in [-0.15, -0.1) is 0 Å². The molecule has 1 aromatic carbocycles. The van der Waals surface area contributed by atoms with Crippen molar-refractivity contribution >= 4 is 0 Å². The Labute approximate surface area is 92.0 Å². The van der Waals surface area contributed by atoms with E-state index in [-0.39, 0.29) is 11.7 Å². The van der Waals surface area contributed by atoms with Gasteiger partial charge in [0.15, 0.2) is 17.3 Å². The van der Waals surface area contributed by atoms with Crippen molar-refractivity contribution in [3.63, 3.8) is 0 Å². The van der Waals surface area contributed by atoms with Crippen molar-refractivity contribution in [1.29, 1.82) is 0 Å². The van der Waals surface area contributed by atoms with E-state index in [1.54, 1.807) is 0 Å². The highest BCUT2D eigenvalue weighted by atomic mass is 19.1. The Hall–Kier alpha value is -1.36. The van der Waals surface area contributed by atoms with Crippen molar-refractivity contribution < 1.29 is 18.6 Å². The topological polar surface area (TPSA) is 41.5 Å². The average Bonchev–Trinajstić information content (AvgIpc) is 2.80. The molecule has 1 unspecified atom stereocenters. The van der Waals surface area contributed by atoms with E-state index in [4.69, 9.17) is 4.74 Å². The molecular weight excluding hydrogens is 216 g/mol. The third-order valence-electron chi connectivity index (χ3n) is 2.89. The summed E-state index contributed by atoms with van der Waals surface area (Å²) < 4.78 is 31.7. The summed E-state index contributed by atoms with van der Waals surface area (Å²) in [4.78, 5) is 0. The van der Waals surface area contributed by atoms with Crippen LogP contribution in [0.15, 0.2) is 6.07 Å². The van der Waals surface area contributed by atoms with E-state index < -0.39 is 17.4 Å². The zero-order chi connectivity index (χ0) is 11.7. The monoisotopic (exact) mass is 229 g/mol. The number of hydrogen-bond acceptors (Lipinski definition) is 3. The Morgan fingerprint density at radius 3 is 2.75 bits per heavy atom. The quantitative estimate of drug-likeness (QED) is 0.811. The van der Waals surface area contributed by atoms with Gasteiger partial charge in [-0.2, -0.15) is 4.39 Å². The molecular formula is C11H13F2NO2. The standard InChI is InChI=1S/C11H13F2NO2/c1-16-8-4-7(6-2-3-14-5-6)9(12)11(15)10(8)13/h4,6,14-15H,2-3,5H2,1H3. The van der Waals surface area contributed by atoms with Crippen LogP contribution in [0, 0.1) is 11.6 Å². The van der Waals surface area contributed by atoms with Crippen LogP contribution < -0.4 is 10.1 Å². The van der Waals surface area contributed by atoms with Gasteiger partial charge < -0.3 is 15.2 Å². The largest absolute Gasteiger partial charge is 0.503 e. The minimum atomic E-state index is -1.05. The first-order valence-corrected chi connectivity index (χ1v) is 5.10. The highest BCUT2D eigenvalue weighted by Gasteiger charge is 2.25. The van der Waals surface area contributed by atoms with Crippen LogP contribution in [0.4, 0.5) is 8.78 Å². The van der Waals surface area contributed by atoms with Crippen molar-refractivity contribution in [3.8, 4) is 11.5 Å². The fourth-order valence-electron chi connectivity index (χ4n) is 1.98. The summed E-state index contributed by atoms with van der Waals surface area (Å²) in [6.45, 7) is 1.43. The molecule has 1 aliphatic heterocycles. The van der Waals surface area contributed by atoms with Gasteiger partial charge in [0.05, 0.1) is 7.11 Å². The van der Waals surface area contributed by atoms with E-state index in [9.17, 15) is 13.9 Å². The first-order chi connectivity index (χ1) is 7.65. The number of benzene rings is 1. The first kappa shape index (κ1) is 11.1. The number of nitrogens with one attached hydrogen (secondary N) is 1. The van der Waals surface area contributed by atoms with Gasteiger partial charge in [0.1, 0.15) is 0 Å². The minimum absolute atomic E-state index is 0.0413. The average molecular weight is 229 g/mol. The number of methoxy groups -OCH3 is 1. The van der Waals surface area contributed by atoms with Crippen LogP contribution in [-0.4, -0.2) is 25.3 Å². The minimum Gasteiger partial charge on any atom is -0.503 e. The number of phenols is 1. The first-order valence-electron chi connectivity index (χ1n) is 5.10. The Bertz CT molecular complexity index is 403. The molecule has 1 aromatic rings. The van der Waals surface area contributed by atoms with Crippen LogP contribution in [0.3, 0.4) is 0 Å². The fourth-order valence-corrected chi connectivity index (χ4v) is 1.98. The molecule has 1 aliphatic rings. The van der Waals surface area contributed by atoms with E-state index in [1.807, 2.05) is 0 Å². The third kappa shape index (κ3) is 1.71. The second-order valence-electron chi connectivity index (χ2n) is 3.83. The van der Waals surface area contributed by atoms with Crippen LogP contribution in [0.5, 0.6) is 11.5 Å². The maximum atomic E-state index is 13.7. The van der Waals surface area contributed by atoms with Crippen molar-refractivity contribution in [2.24, 2.45) is 0 Å². The van der Waals surface area contributed by atoms with Crippen LogP contribution in [0.2, 0.25) is 0 Å². The van der Waals surface area contributed by atoms with Crippen molar-refractivity contribution in [2.45, 2.75) is 12.3 Å². The molecule has 5 heteroatoms. The lowest BCUT2D eigenvalue weighted by atomic mass is 9.97. The summed E-state index contributed by atoms with van der Waals surface area (Å²) in [6, 6.07) is 1.32. The molecule has 0 spiro atoms. The predicted octanol–water partition coefficient (Wildman–Crippen LogP) is 1.76. The number of hydrogen-bond donors (Lipinski definition) is 2. The second kappa shape index (κ2) is 4.25. The van der Waals surface area contributed by atoms with Crippen molar-refractivity contribution in [2.75, 3.05) is 20.2 Å². The molecule has 0 radical (unpaired) electrons. The highest BCUT2D eigenvalue weighted by molar-refractivity contribution is 5.43. The third-order valence-corrected chi connectivity index (χ3v) is 2.89. The molecule has 0 amide bonds. The van der Waals surface area contributed by atoms with Crippen LogP contribution in [0.25, 0.3) is 0 Å². The number of halogens is 2. The molecule has 1 fully saturated rings. The summed E-state index contributed by atoms with van der Waals surface area (Å²) in [5.74, 6) is -3.05. The Balaban J connectivity index is 2.48. The molecule has 1 atom stereocenters. The van der Waals surface area contributed by atoms with E-state index >= 15 is 0 Å². The van der Waals surface area contributed by atoms with Gasteiger partial charge in [0.25, 0.3) is 0 Å². The summed E-state index contributed by atoms with van der Waals surface area (Å²) in [6.07, 6.45) is 0.769. The lowest BCUT2D eigenvalue weighted by Crippen LogP contribution is -2.09. The number of aromatic hydroxyl groups is 1. The van der Waals surface area contributed by atoms with Crippen molar-refractivity contribution in [3.05, 3.63) is 23.3 Å². The lowest BCUT2D eigenvalue weighted by molar-refractivity contribution is 0.346. The normalized spacial score (nSPS) is 20.1. The zero-order valence-electron chi connectivity index (χ0n) is 8.89. The fraction of sp³-hybridized carbons (Fsp3) is 0.455. The van der Waals surface area contributed by atoms with Gasteiger partial charge in [-0.05, 0) is 24.6 Å². The van der Waals surface area contributed by atoms with E-state index in [0.29, 0.717) is 12.1 Å². The van der Waals surface area contributed by atoms with E-state index in [0.717, 1.165) is 13.0 Å². The lowest BCUT2D eigenvalue weighted by Gasteiger charge is -2.13. The molecule has 1 heterocycles. The molecule has 0 bridgehead atoms. The van der Waals surface area contributed by atoms with E-state index in [1.165, 1.54) is 13.2 Å². The van der Waals surface area contributed by atoms with Crippen LogP contribution >= 0.6 is 0 Å². The molecule has 0 aromatic heterocycles. The Morgan fingerprint density at radius 1 is 1.44 bits per heavy atom. The SMILES string of the molecule is COc1cc(C2CCNC2)c(F)c(O)c1F. The van der Waals surface area contributed by atoms with Gasteiger partial charge in [-0.25, -0.2) is 4.39 Å².